The summed E-state index contributed by atoms with van der Waals surface area (Å²) in [4.78, 5) is 22.2. The zero-order valence-electron chi connectivity index (χ0n) is 13.1. The number of aliphatic carboxylic acids is 1. The molecule has 24 heavy (non-hydrogen) atoms. The molecule has 8 nitrogen and oxygen atoms in total. The van der Waals surface area contributed by atoms with Crippen molar-refractivity contribution in [2.75, 3.05) is 32.0 Å². The second kappa shape index (κ2) is 8.11. The fourth-order valence-electron chi connectivity index (χ4n) is 2.33. The molecule has 0 radical (unpaired) electrons. The summed E-state index contributed by atoms with van der Waals surface area (Å²) in [6, 6.07) is 6.90. The Balaban J connectivity index is 1.71. The second-order valence-corrected chi connectivity index (χ2v) is 7.52. The summed E-state index contributed by atoms with van der Waals surface area (Å²) in [5.41, 5.74) is 0.951. The molecular formula is C15H20N2O6S. The Bertz CT molecular complexity index is 686. The maximum Gasteiger partial charge on any atom is 0.341 e. The number of nitrogens with zero attached hydrogens (tertiary/aromatic N) is 1. The largest absolute Gasteiger partial charge is 0.482 e. The van der Waals surface area contributed by atoms with Crippen molar-refractivity contribution < 1.29 is 27.9 Å². The molecule has 0 spiro atoms. The van der Waals surface area contributed by atoms with Gasteiger partial charge in [0.05, 0.1) is 12.3 Å². The topological polar surface area (TPSA) is 113 Å². The summed E-state index contributed by atoms with van der Waals surface area (Å²) in [6.45, 7) is 0.259. The first-order valence-electron chi connectivity index (χ1n) is 7.55. The van der Waals surface area contributed by atoms with E-state index in [-0.39, 0.29) is 18.2 Å². The molecule has 2 rings (SSSR count). The molecule has 9 heteroatoms. The molecule has 1 aromatic carbocycles. The molecule has 0 bridgehead atoms. The van der Waals surface area contributed by atoms with Crippen LogP contribution in [0.3, 0.4) is 0 Å². The van der Waals surface area contributed by atoms with Crippen LogP contribution in [0.25, 0.3) is 0 Å². The Morgan fingerprint density at radius 3 is 2.54 bits per heavy atom. The molecule has 2 N–H and O–H groups in total. The number of carbonyl (C=O) groups excluding carboxylic acids is 1. The third kappa shape index (κ3) is 5.50. The van der Waals surface area contributed by atoms with Crippen molar-refractivity contribution >= 4 is 21.9 Å². The molecule has 0 unspecified atom stereocenters. The third-order valence-electron chi connectivity index (χ3n) is 3.54. The molecule has 1 aliphatic heterocycles. The van der Waals surface area contributed by atoms with Gasteiger partial charge in [-0.15, -0.1) is 0 Å². The van der Waals surface area contributed by atoms with Crippen molar-refractivity contribution in [3.8, 4) is 5.75 Å². The molecule has 1 fully saturated rings. The molecule has 1 aliphatic rings. The van der Waals surface area contributed by atoms with Gasteiger partial charge in [-0.1, -0.05) is 12.1 Å². The number of amides is 1. The number of carboxylic acid groups (broad SMARTS) is 1. The van der Waals surface area contributed by atoms with Gasteiger partial charge in [-0.3, -0.25) is 4.79 Å². The predicted octanol–water partition coefficient (Wildman–Crippen LogP) is -0.156. The molecular weight excluding hydrogens is 336 g/mol. The van der Waals surface area contributed by atoms with Gasteiger partial charge >= 0.3 is 5.97 Å². The second-order valence-electron chi connectivity index (χ2n) is 5.43. The molecule has 0 atom stereocenters. The Kier molecular flexibility index (Phi) is 6.16. The van der Waals surface area contributed by atoms with E-state index in [4.69, 9.17) is 9.84 Å². The molecule has 0 aliphatic carbocycles. The normalized spacial score (nSPS) is 16.7. The number of hydrogen-bond donors (Lipinski definition) is 2. The Hall–Kier alpha value is -2.13. The lowest BCUT2D eigenvalue weighted by atomic mass is 10.1. The van der Waals surface area contributed by atoms with Crippen LogP contribution in [-0.4, -0.2) is 61.7 Å². The fourth-order valence-corrected chi connectivity index (χ4v) is 3.80. The first-order valence-corrected chi connectivity index (χ1v) is 9.16. The van der Waals surface area contributed by atoms with Gasteiger partial charge in [-0.25, -0.2) is 13.2 Å². The quantitative estimate of drug-likeness (QED) is 0.669. The smallest absolute Gasteiger partial charge is 0.341 e. The van der Waals surface area contributed by atoms with Crippen LogP contribution in [-0.2, 0) is 26.0 Å². The Labute approximate surface area is 140 Å². The minimum atomic E-state index is -3.26. The summed E-state index contributed by atoms with van der Waals surface area (Å²) >= 11 is 0. The van der Waals surface area contributed by atoms with Crippen molar-refractivity contribution in [2.24, 2.45) is 0 Å². The van der Waals surface area contributed by atoms with E-state index in [9.17, 15) is 18.0 Å². The van der Waals surface area contributed by atoms with Crippen molar-refractivity contribution in [1.29, 1.82) is 0 Å². The van der Waals surface area contributed by atoms with Crippen LogP contribution in [0.2, 0.25) is 0 Å². The molecule has 1 amide bonds. The molecule has 1 heterocycles. The van der Waals surface area contributed by atoms with Gasteiger partial charge in [0.25, 0.3) is 0 Å². The minimum Gasteiger partial charge on any atom is -0.482 e. The first-order chi connectivity index (χ1) is 11.4. The van der Waals surface area contributed by atoms with Crippen molar-refractivity contribution in [2.45, 2.75) is 12.8 Å². The van der Waals surface area contributed by atoms with Crippen LogP contribution in [0, 0.1) is 0 Å². The number of sulfonamides is 1. The summed E-state index contributed by atoms with van der Waals surface area (Å²) in [5, 5.41) is 11.2. The lowest BCUT2D eigenvalue weighted by Gasteiger charge is -2.13. The highest BCUT2D eigenvalue weighted by molar-refractivity contribution is 7.89. The van der Waals surface area contributed by atoms with Gasteiger partial charge in [0.2, 0.25) is 15.9 Å². The van der Waals surface area contributed by atoms with E-state index < -0.39 is 22.6 Å². The van der Waals surface area contributed by atoms with Gasteiger partial charge in [0.1, 0.15) is 5.75 Å². The van der Waals surface area contributed by atoms with Crippen molar-refractivity contribution in [1.82, 2.24) is 9.62 Å². The van der Waals surface area contributed by atoms with E-state index in [1.165, 1.54) is 4.31 Å². The van der Waals surface area contributed by atoms with E-state index in [1.54, 1.807) is 24.3 Å². The summed E-state index contributed by atoms with van der Waals surface area (Å²) in [7, 11) is -3.26. The van der Waals surface area contributed by atoms with Crippen LogP contribution in [0.1, 0.15) is 12.0 Å². The average molecular weight is 356 g/mol. The van der Waals surface area contributed by atoms with Gasteiger partial charge < -0.3 is 15.2 Å². The molecule has 0 aromatic heterocycles. The third-order valence-corrected chi connectivity index (χ3v) is 5.45. The van der Waals surface area contributed by atoms with E-state index >= 15 is 0 Å². The van der Waals surface area contributed by atoms with Crippen LogP contribution in [0.5, 0.6) is 5.75 Å². The number of hydrogen-bond acceptors (Lipinski definition) is 5. The van der Waals surface area contributed by atoms with Crippen LogP contribution in [0.15, 0.2) is 24.3 Å². The number of carboxylic acids is 1. The maximum absolute atomic E-state index is 11.8. The van der Waals surface area contributed by atoms with Crippen LogP contribution in [0.4, 0.5) is 0 Å². The van der Waals surface area contributed by atoms with E-state index in [0.717, 1.165) is 5.56 Å². The Morgan fingerprint density at radius 1 is 1.25 bits per heavy atom. The van der Waals surface area contributed by atoms with Gasteiger partial charge in [0, 0.05) is 13.1 Å². The lowest BCUT2D eigenvalue weighted by Crippen LogP contribution is -2.38. The first kappa shape index (κ1) is 18.2. The number of nitrogens with one attached hydrogen (secondary N) is 1. The molecule has 1 aromatic rings. The summed E-state index contributed by atoms with van der Waals surface area (Å²) in [5.74, 6) is -0.788. The summed E-state index contributed by atoms with van der Waals surface area (Å²) in [6.07, 6.45) is 1.14. The zero-order valence-corrected chi connectivity index (χ0v) is 13.9. The monoisotopic (exact) mass is 356 g/mol. The SMILES string of the molecule is O=C(O)COc1ccc(CCNC(=O)CN2CCCS2(=O)=O)cc1. The fraction of sp³-hybridized carbons (Fsp3) is 0.467. The highest BCUT2D eigenvalue weighted by atomic mass is 32.2. The lowest BCUT2D eigenvalue weighted by molar-refractivity contribution is -0.139. The highest BCUT2D eigenvalue weighted by Crippen LogP contribution is 2.13. The number of carbonyl (C=O) groups is 2. The highest BCUT2D eigenvalue weighted by Gasteiger charge is 2.29. The number of benzene rings is 1. The number of rotatable bonds is 8. The van der Waals surface area contributed by atoms with E-state index in [0.29, 0.717) is 31.7 Å². The predicted molar refractivity (Wildman–Crippen MR) is 86.3 cm³/mol. The standard InChI is InChI=1S/C15H20N2O6S/c18-14(10-17-8-1-9-24(17,21)22)16-7-6-12-2-4-13(5-3-12)23-11-15(19)20/h2-5H,1,6-11H2,(H,16,18)(H,19,20). The average Bonchev–Trinajstić information content (AvgIpc) is 2.85. The van der Waals surface area contributed by atoms with Crippen LogP contribution >= 0.6 is 0 Å². The van der Waals surface area contributed by atoms with Crippen LogP contribution < -0.4 is 10.1 Å². The van der Waals surface area contributed by atoms with Gasteiger partial charge in [-0.05, 0) is 30.5 Å². The van der Waals surface area contributed by atoms with Gasteiger partial charge in [0.15, 0.2) is 6.61 Å². The zero-order chi connectivity index (χ0) is 17.6. The van der Waals surface area contributed by atoms with Crippen molar-refractivity contribution in [3.63, 3.8) is 0 Å². The van der Waals surface area contributed by atoms with Crippen molar-refractivity contribution in [3.05, 3.63) is 29.8 Å². The molecule has 0 saturated carbocycles. The number of ether oxygens (including phenoxy) is 1. The van der Waals surface area contributed by atoms with E-state index in [2.05, 4.69) is 5.32 Å². The minimum absolute atomic E-state index is 0.108. The molecule has 132 valence electrons. The molecule has 1 saturated heterocycles. The maximum atomic E-state index is 11.8. The summed E-state index contributed by atoms with van der Waals surface area (Å²) < 4.78 is 29.5. The van der Waals surface area contributed by atoms with E-state index in [1.807, 2.05) is 0 Å². The van der Waals surface area contributed by atoms with Gasteiger partial charge in [-0.2, -0.15) is 4.31 Å². The Morgan fingerprint density at radius 2 is 1.96 bits per heavy atom.